The third-order valence-corrected chi connectivity index (χ3v) is 6.02. The number of benzene rings is 2. The van der Waals surface area contributed by atoms with Gasteiger partial charge in [0.05, 0.1) is 19.9 Å². The van der Waals surface area contributed by atoms with Crippen molar-refractivity contribution in [3.63, 3.8) is 0 Å². The number of aromatic amines is 2. The van der Waals surface area contributed by atoms with Crippen LogP contribution in [-0.2, 0) is 9.53 Å². The predicted molar refractivity (Wildman–Crippen MR) is 152 cm³/mol. The van der Waals surface area contributed by atoms with Crippen LogP contribution < -0.4 is 31.0 Å². The minimum absolute atomic E-state index is 0.0114. The van der Waals surface area contributed by atoms with E-state index in [9.17, 15) is 9.59 Å². The lowest BCUT2D eigenvalue weighted by molar-refractivity contribution is -0.134. The predicted octanol–water partition coefficient (Wildman–Crippen LogP) is 1.96. The number of aliphatic carboxylic acids is 1. The first-order valence-corrected chi connectivity index (χ1v) is 13.0. The number of halogens is 1. The Morgan fingerprint density at radius 1 is 1.25 bits per heavy atom. The van der Waals surface area contributed by atoms with E-state index >= 15 is 4.39 Å². The molecule has 16 nitrogen and oxygen atoms in total. The number of nitrogens with two attached hydrogens (primary N) is 1. The van der Waals surface area contributed by atoms with E-state index in [1.165, 1.54) is 19.4 Å². The normalized spacial score (nSPS) is 12.4. The molecule has 0 radical (unpaired) electrons. The Morgan fingerprint density at radius 3 is 2.52 bits per heavy atom. The number of aromatic nitrogens is 5. The van der Waals surface area contributed by atoms with Gasteiger partial charge in [0.25, 0.3) is 5.97 Å². The molecule has 1 aliphatic rings. The van der Waals surface area contributed by atoms with Gasteiger partial charge in [0, 0.05) is 23.7 Å². The van der Waals surface area contributed by atoms with Gasteiger partial charge in [-0.15, -0.1) is 5.10 Å². The van der Waals surface area contributed by atoms with Crippen LogP contribution in [0.5, 0.6) is 17.2 Å². The third-order valence-electron chi connectivity index (χ3n) is 6.02. The number of rotatable bonds is 9. The number of carbonyl (C=O) groups excluding carboxylic acids is 1. The topological polar surface area (TPSA) is 233 Å². The molecule has 1 aliphatic heterocycles. The number of carboxylic acids is 1. The van der Waals surface area contributed by atoms with Crippen LogP contribution in [-0.4, -0.2) is 74.8 Å². The van der Waals surface area contributed by atoms with Gasteiger partial charge in [-0.3, -0.25) is 20.3 Å². The fourth-order valence-corrected chi connectivity index (χ4v) is 4.15. The van der Waals surface area contributed by atoms with Gasteiger partial charge in [-0.25, -0.2) is 14.0 Å². The van der Waals surface area contributed by atoms with Gasteiger partial charge in [0.15, 0.2) is 23.2 Å². The van der Waals surface area contributed by atoms with Gasteiger partial charge in [-0.2, -0.15) is 9.78 Å². The number of nitrogen functional groups attached to an aromatic ring is 1. The molecule has 1 atom stereocenters. The zero-order chi connectivity index (χ0) is 32.0. The maximum Gasteiger partial charge on any atom is 0.349 e. The number of H-pyrrole nitrogens is 2. The first-order valence-electron chi connectivity index (χ1n) is 13.0. The fraction of sp³-hybridized carbons (Fsp3) is 0.259. The minimum Gasteiger partial charge on any atom is -0.493 e. The van der Waals surface area contributed by atoms with Crippen LogP contribution in [0.25, 0.3) is 5.82 Å². The molecule has 0 saturated heterocycles. The average molecular weight is 613 g/mol. The number of esters is 1. The highest BCUT2D eigenvalue weighted by Crippen LogP contribution is 2.45. The molecule has 7 N–H and O–H groups in total. The molecule has 5 rings (SSSR count). The van der Waals surface area contributed by atoms with Crippen LogP contribution in [0.4, 0.5) is 10.1 Å². The number of carboxylic acid groups (broad SMARTS) is 1. The smallest absolute Gasteiger partial charge is 0.349 e. The molecule has 2 aromatic heterocycles. The number of hydrogen-bond donors (Lipinski definition) is 6. The molecule has 0 spiro atoms. The van der Waals surface area contributed by atoms with Gasteiger partial charge in [0.2, 0.25) is 11.5 Å². The molecule has 0 amide bonds. The first-order chi connectivity index (χ1) is 21.0. The number of amidine groups is 1. The van der Waals surface area contributed by atoms with E-state index in [0.717, 1.165) is 11.6 Å². The summed E-state index contributed by atoms with van der Waals surface area (Å²) in [5.74, 6) is -2.26. The lowest BCUT2D eigenvalue weighted by atomic mass is 10.0. The Hall–Kier alpha value is -5.87. The molecular formula is C27H29FN8O8. The van der Waals surface area contributed by atoms with E-state index in [0.29, 0.717) is 11.3 Å². The number of nitrogens with zero attached hydrogens (tertiary/aromatic N) is 3. The van der Waals surface area contributed by atoms with Gasteiger partial charge in [-0.1, -0.05) is 0 Å². The zero-order valence-electron chi connectivity index (χ0n) is 23.8. The molecule has 0 bridgehead atoms. The Morgan fingerprint density at radius 2 is 1.91 bits per heavy atom. The molecule has 0 aliphatic carbocycles. The Labute approximate surface area is 248 Å². The highest BCUT2D eigenvalue weighted by molar-refractivity contribution is 5.95. The summed E-state index contributed by atoms with van der Waals surface area (Å²) in [4.78, 5) is 37.0. The standard InChI is InChI=1S/C25H25FN8O6.C2H4O2/c1-3-38-24(35)15-11-29-32-23(15)34-25(36)31-22(33-34)18(30-13-6-4-12(5-7-13)21(27)28)14-10-16(37-2)19-20(17(14)26)40-9-8-39-19;1-2(3)4/h4-7,10-11,18,30H,3,8-9H2,1-2H3,(H3,27,28)(H,29,32)(H,31,33,36);1H3,(H,3,4). The summed E-state index contributed by atoms with van der Waals surface area (Å²) in [5.41, 5.74) is 5.82. The van der Waals surface area contributed by atoms with Crippen molar-refractivity contribution in [2.45, 2.75) is 19.9 Å². The lowest BCUT2D eigenvalue weighted by Gasteiger charge is -2.25. The van der Waals surface area contributed by atoms with E-state index in [1.54, 1.807) is 31.2 Å². The highest BCUT2D eigenvalue weighted by atomic mass is 19.1. The SMILES string of the molecule is CC(=O)O.CCOC(=O)c1cn[nH]c1-n1nc(C(Nc2ccc(C(=N)N)cc2)c2cc(OC)c3c(c2F)OCCO3)[nH]c1=O. The van der Waals surface area contributed by atoms with Gasteiger partial charge in [0.1, 0.15) is 30.7 Å². The summed E-state index contributed by atoms with van der Waals surface area (Å²) in [5, 5.41) is 29.0. The van der Waals surface area contributed by atoms with Crippen molar-refractivity contribution in [1.29, 1.82) is 5.41 Å². The van der Waals surface area contributed by atoms with Gasteiger partial charge >= 0.3 is 11.7 Å². The summed E-state index contributed by atoms with van der Waals surface area (Å²) < 4.78 is 38.5. The third kappa shape index (κ3) is 6.61. The first kappa shape index (κ1) is 31.1. The monoisotopic (exact) mass is 612 g/mol. The van der Waals surface area contributed by atoms with Crippen molar-refractivity contribution in [2.75, 3.05) is 32.2 Å². The van der Waals surface area contributed by atoms with Crippen molar-refractivity contribution in [2.24, 2.45) is 5.73 Å². The van der Waals surface area contributed by atoms with Crippen molar-refractivity contribution >= 4 is 23.5 Å². The van der Waals surface area contributed by atoms with E-state index in [1.807, 2.05) is 0 Å². The molecular weight excluding hydrogens is 583 g/mol. The summed E-state index contributed by atoms with van der Waals surface area (Å²) in [6, 6.07) is 6.82. The second-order valence-corrected chi connectivity index (χ2v) is 9.00. The quantitative estimate of drug-likeness (QED) is 0.0904. The van der Waals surface area contributed by atoms with E-state index in [2.05, 4.69) is 25.6 Å². The molecule has 2 aromatic carbocycles. The van der Waals surface area contributed by atoms with E-state index in [-0.39, 0.29) is 65.7 Å². The van der Waals surface area contributed by atoms with Gasteiger partial charge < -0.3 is 35.1 Å². The Kier molecular flexibility index (Phi) is 9.47. The van der Waals surface area contributed by atoms with Crippen LogP contribution >= 0.6 is 0 Å². The van der Waals surface area contributed by atoms with Crippen LogP contribution in [0.15, 0.2) is 41.3 Å². The second kappa shape index (κ2) is 13.4. The van der Waals surface area contributed by atoms with Crippen molar-refractivity contribution < 1.29 is 38.0 Å². The number of hydrogen-bond acceptors (Lipinski definition) is 11. The molecule has 17 heteroatoms. The van der Waals surface area contributed by atoms with E-state index in [4.69, 9.17) is 40.0 Å². The number of carbonyl (C=O) groups is 2. The molecule has 1 unspecified atom stereocenters. The van der Waals surface area contributed by atoms with Crippen LogP contribution in [0.3, 0.4) is 0 Å². The number of ether oxygens (including phenoxy) is 4. The molecule has 3 heterocycles. The maximum absolute atomic E-state index is 16.0. The number of methoxy groups -OCH3 is 1. The van der Waals surface area contributed by atoms with E-state index < -0.39 is 29.5 Å². The van der Waals surface area contributed by atoms with Crippen molar-refractivity contribution in [3.8, 4) is 23.1 Å². The minimum atomic E-state index is -1.10. The number of anilines is 1. The summed E-state index contributed by atoms with van der Waals surface area (Å²) in [6.07, 6.45) is 1.21. The zero-order valence-corrected chi connectivity index (χ0v) is 23.8. The molecule has 44 heavy (non-hydrogen) atoms. The second-order valence-electron chi connectivity index (χ2n) is 9.00. The average Bonchev–Trinajstić information content (AvgIpc) is 3.63. The Bertz CT molecular complexity index is 1730. The Balaban J connectivity index is 0.00000104. The number of nitrogens with one attached hydrogen (secondary N) is 4. The summed E-state index contributed by atoms with van der Waals surface area (Å²) >= 11 is 0. The van der Waals surface area contributed by atoms with Gasteiger partial charge in [-0.05, 0) is 37.3 Å². The molecule has 0 saturated carbocycles. The van der Waals surface area contributed by atoms with Crippen molar-refractivity contribution in [3.05, 3.63) is 75.3 Å². The molecule has 4 aromatic rings. The lowest BCUT2D eigenvalue weighted by Crippen LogP contribution is -2.21. The molecule has 0 fully saturated rings. The van der Waals surface area contributed by atoms with Crippen LogP contribution in [0.2, 0.25) is 0 Å². The van der Waals surface area contributed by atoms with Crippen LogP contribution in [0, 0.1) is 11.2 Å². The molecule has 232 valence electrons. The number of fused-ring (bicyclic) bond motifs is 1. The highest BCUT2D eigenvalue weighted by Gasteiger charge is 2.32. The van der Waals surface area contributed by atoms with Crippen molar-refractivity contribution in [1.82, 2.24) is 25.0 Å². The fourth-order valence-electron chi connectivity index (χ4n) is 4.15. The van der Waals surface area contributed by atoms with Crippen LogP contribution in [0.1, 0.15) is 47.2 Å². The largest absolute Gasteiger partial charge is 0.493 e. The summed E-state index contributed by atoms with van der Waals surface area (Å²) in [7, 11) is 1.41. The summed E-state index contributed by atoms with van der Waals surface area (Å²) in [6.45, 7) is 3.19. The maximum atomic E-state index is 16.0.